The fourth-order valence-electron chi connectivity index (χ4n) is 3.30. The molecule has 2 aromatic rings. The van der Waals surface area contributed by atoms with Crippen molar-refractivity contribution in [2.45, 2.75) is 32.6 Å². The number of nitrogens with zero attached hydrogens (tertiary/aromatic N) is 1. The van der Waals surface area contributed by atoms with E-state index in [0.717, 1.165) is 25.4 Å². The second kappa shape index (κ2) is 6.04. The Morgan fingerprint density at radius 3 is 2.38 bits per heavy atom. The molecule has 0 amide bonds. The van der Waals surface area contributed by atoms with Crippen molar-refractivity contribution in [3.8, 4) is 5.75 Å². The van der Waals surface area contributed by atoms with Crippen LogP contribution in [0, 0.1) is 0 Å². The van der Waals surface area contributed by atoms with Crippen LogP contribution in [0.5, 0.6) is 5.75 Å². The minimum Gasteiger partial charge on any atom is -0.496 e. The monoisotopic (exact) mass is 285 g/mol. The topological polar surface area (TPSA) is 21.7 Å². The van der Waals surface area contributed by atoms with Crippen LogP contribution < -0.4 is 4.74 Å². The van der Waals surface area contributed by atoms with Crippen LogP contribution in [0.25, 0.3) is 10.8 Å². The summed E-state index contributed by atoms with van der Waals surface area (Å²) in [4.78, 5) is 2.48. The van der Waals surface area contributed by atoms with Gasteiger partial charge in [-0.2, -0.15) is 0 Å². The second-order valence-electron chi connectivity index (χ2n) is 5.92. The lowest BCUT2D eigenvalue weighted by Gasteiger charge is -2.35. The van der Waals surface area contributed by atoms with Crippen molar-refractivity contribution in [3.63, 3.8) is 0 Å². The Bertz CT molecular complexity index is 616. The number of fused-ring (bicyclic) bond motifs is 1. The molecular weight excluding hydrogens is 262 g/mol. The van der Waals surface area contributed by atoms with Gasteiger partial charge in [-0.05, 0) is 30.9 Å². The number of ether oxygens (including phenoxy) is 2. The normalized spacial score (nSPS) is 23.4. The number of hydrogen-bond acceptors (Lipinski definition) is 3. The summed E-state index contributed by atoms with van der Waals surface area (Å²) in [5, 5.41) is 2.47. The fraction of sp³-hybridized carbons (Fsp3) is 0.444. The molecule has 1 saturated heterocycles. The zero-order valence-electron chi connectivity index (χ0n) is 13.0. The van der Waals surface area contributed by atoms with Crippen LogP contribution in [-0.2, 0) is 11.3 Å². The van der Waals surface area contributed by atoms with Crippen LogP contribution >= 0.6 is 0 Å². The molecule has 0 N–H and O–H groups in total. The van der Waals surface area contributed by atoms with E-state index in [-0.39, 0.29) is 0 Å². The number of methoxy groups -OCH3 is 1. The summed E-state index contributed by atoms with van der Waals surface area (Å²) < 4.78 is 11.3. The first kappa shape index (κ1) is 14.4. The lowest BCUT2D eigenvalue weighted by atomic mass is 10.0. The summed E-state index contributed by atoms with van der Waals surface area (Å²) in [5.74, 6) is 0.943. The van der Waals surface area contributed by atoms with E-state index in [1.165, 1.54) is 16.3 Å². The van der Waals surface area contributed by atoms with Gasteiger partial charge in [-0.15, -0.1) is 0 Å². The first-order valence-corrected chi connectivity index (χ1v) is 7.60. The highest BCUT2D eigenvalue weighted by Gasteiger charge is 2.22. The van der Waals surface area contributed by atoms with Crippen molar-refractivity contribution in [2.75, 3.05) is 20.2 Å². The number of benzene rings is 2. The molecule has 112 valence electrons. The van der Waals surface area contributed by atoms with Crippen LogP contribution in [0.4, 0.5) is 0 Å². The lowest BCUT2D eigenvalue weighted by molar-refractivity contribution is -0.0703. The van der Waals surface area contributed by atoms with Gasteiger partial charge in [0.25, 0.3) is 0 Å². The van der Waals surface area contributed by atoms with Gasteiger partial charge in [-0.25, -0.2) is 0 Å². The van der Waals surface area contributed by atoms with Crippen LogP contribution in [0.1, 0.15) is 19.4 Å². The van der Waals surface area contributed by atoms with E-state index in [1.54, 1.807) is 7.11 Å². The zero-order valence-corrected chi connectivity index (χ0v) is 13.0. The van der Waals surface area contributed by atoms with Gasteiger partial charge in [0.2, 0.25) is 0 Å². The Morgan fingerprint density at radius 2 is 1.71 bits per heavy atom. The van der Waals surface area contributed by atoms with Crippen LogP contribution in [-0.4, -0.2) is 37.3 Å². The van der Waals surface area contributed by atoms with Gasteiger partial charge in [0.1, 0.15) is 5.75 Å². The van der Waals surface area contributed by atoms with Crippen LogP contribution in [0.2, 0.25) is 0 Å². The maximum Gasteiger partial charge on any atom is 0.126 e. The summed E-state index contributed by atoms with van der Waals surface area (Å²) in [7, 11) is 1.73. The van der Waals surface area contributed by atoms with Gasteiger partial charge < -0.3 is 9.47 Å². The SMILES string of the molecule is COc1ccc(CN2CC(C)OC(C)C2)c2ccccc12. The minimum absolute atomic E-state index is 0.304. The molecule has 1 aliphatic heterocycles. The number of rotatable bonds is 3. The number of morpholine rings is 1. The number of hydrogen-bond donors (Lipinski definition) is 0. The van der Waals surface area contributed by atoms with Gasteiger partial charge in [0.05, 0.1) is 19.3 Å². The van der Waals surface area contributed by atoms with Gasteiger partial charge >= 0.3 is 0 Å². The lowest BCUT2D eigenvalue weighted by Crippen LogP contribution is -2.44. The molecule has 3 rings (SSSR count). The van der Waals surface area contributed by atoms with E-state index in [2.05, 4.69) is 55.1 Å². The molecule has 1 heterocycles. The van der Waals surface area contributed by atoms with Gasteiger partial charge in [0, 0.05) is 25.0 Å². The van der Waals surface area contributed by atoms with Crippen molar-refractivity contribution >= 4 is 10.8 Å². The first-order valence-electron chi connectivity index (χ1n) is 7.60. The maximum atomic E-state index is 5.82. The molecule has 0 radical (unpaired) electrons. The molecule has 3 nitrogen and oxygen atoms in total. The highest BCUT2D eigenvalue weighted by molar-refractivity contribution is 5.91. The standard InChI is InChI=1S/C18H23NO2/c1-13-10-19(11-14(2)21-13)12-15-8-9-18(20-3)17-7-5-4-6-16(15)17/h4-9,13-14H,10-12H2,1-3H3. The second-order valence-corrected chi connectivity index (χ2v) is 5.92. The Labute approximate surface area is 126 Å². The van der Waals surface area contributed by atoms with Gasteiger partial charge in [-0.1, -0.05) is 30.3 Å². The third-order valence-corrected chi connectivity index (χ3v) is 4.08. The zero-order chi connectivity index (χ0) is 14.8. The van der Waals surface area contributed by atoms with Crippen molar-refractivity contribution in [1.29, 1.82) is 0 Å². The van der Waals surface area contributed by atoms with E-state index in [0.29, 0.717) is 12.2 Å². The largest absolute Gasteiger partial charge is 0.496 e. The molecule has 1 aliphatic rings. The first-order chi connectivity index (χ1) is 10.2. The Balaban J connectivity index is 1.90. The third kappa shape index (κ3) is 3.04. The van der Waals surface area contributed by atoms with Crippen molar-refractivity contribution in [2.24, 2.45) is 0 Å². The molecule has 0 bridgehead atoms. The molecule has 2 unspecified atom stereocenters. The Hall–Kier alpha value is -1.58. The molecule has 1 fully saturated rings. The smallest absolute Gasteiger partial charge is 0.126 e. The summed E-state index contributed by atoms with van der Waals surface area (Å²) in [6, 6.07) is 12.7. The van der Waals surface area contributed by atoms with E-state index in [9.17, 15) is 0 Å². The molecule has 3 heteroatoms. The molecule has 0 aromatic heterocycles. The molecule has 0 aliphatic carbocycles. The summed E-state index contributed by atoms with van der Waals surface area (Å²) in [6.45, 7) is 7.24. The van der Waals surface area contributed by atoms with Crippen LogP contribution in [0.3, 0.4) is 0 Å². The average Bonchev–Trinajstić information content (AvgIpc) is 2.46. The molecule has 21 heavy (non-hydrogen) atoms. The van der Waals surface area contributed by atoms with Crippen molar-refractivity contribution < 1.29 is 9.47 Å². The molecule has 0 spiro atoms. The molecule has 2 atom stereocenters. The maximum absolute atomic E-state index is 5.82. The summed E-state index contributed by atoms with van der Waals surface area (Å²) in [6.07, 6.45) is 0.608. The molecular formula is C18H23NO2. The highest BCUT2D eigenvalue weighted by Crippen LogP contribution is 2.29. The minimum atomic E-state index is 0.304. The Kier molecular flexibility index (Phi) is 4.13. The van der Waals surface area contributed by atoms with E-state index < -0.39 is 0 Å². The molecule has 0 saturated carbocycles. The predicted octanol–water partition coefficient (Wildman–Crippen LogP) is 3.46. The average molecular weight is 285 g/mol. The Morgan fingerprint density at radius 1 is 1.05 bits per heavy atom. The van der Waals surface area contributed by atoms with E-state index in [1.807, 2.05) is 0 Å². The fourth-order valence-corrected chi connectivity index (χ4v) is 3.30. The van der Waals surface area contributed by atoms with Crippen molar-refractivity contribution in [1.82, 2.24) is 4.90 Å². The van der Waals surface area contributed by atoms with Gasteiger partial charge in [0.15, 0.2) is 0 Å². The van der Waals surface area contributed by atoms with Gasteiger partial charge in [-0.3, -0.25) is 4.90 Å². The predicted molar refractivity (Wildman–Crippen MR) is 85.8 cm³/mol. The van der Waals surface area contributed by atoms with Crippen molar-refractivity contribution in [3.05, 3.63) is 42.0 Å². The highest BCUT2D eigenvalue weighted by atomic mass is 16.5. The van der Waals surface area contributed by atoms with Crippen LogP contribution in [0.15, 0.2) is 36.4 Å². The van der Waals surface area contributed by atoms with E-state index in [4.69, 9.17) is 9.47 Å². The van der Waals surface area contributed by atoms with E-state index >= 15 is 0 Å². The third-order valence-electron chi connectivity index (χ3n) is 4.08. The summed E-state index contributed by atoms with van der Waals surface area (Å²) in [5.41, 5.74) is 1.35. The summed E-state index contributed by atoms with van der Waals surface area (Å²) >= 11 is 0. The molecule has 2 aromatic carbocycles. The quantitative estimate of drug-likeness (QED) is 0.862.